The third-order valence-electron chi connectivity index (χ3n) is 2.82. The van der Waals surface area contributed by atoms with E-state index >= 15 is 0 Å². The van der Waals surface area contributed by atoms with Crippen molar-refractivity contribution in [3.63, 3.8) is 0 Å². The molecule has 0 spiro atoms. The Balaban J connectivity index is 2.26. The number of hydrogen-bond donors (Lipinski definition) is 1. The fourth-order valence-corrected chi connectivity index (χ4v) is 1.99. The van der Waals surface area contributed by atoms with E-state index in [1.165, 1.54) is 0 Å². The molecule has 0 fully saturated rings. The minimum absolute atomic E-state index is 0.192. The third-order valence-corrected chi connectivity index (χ3v) is 2.82. The van der Waals surface area contributed by atoms with E-state index in [1.54, 1.807) is 30.3 Å². The molecule has 0 amide bonds. The molecule has 0 saturated carbocycles. The van der Waals surface area contributed by atoms with Gasteiger partial charge in [-0.15, -0.1) is 0 Å². The Morgan fingerprint density at radius 2 is 1.56 bits per heavy atom. The number of rotatable bonds is 1. The van der Waals surface area contributed by atoms with Crippen molar-refractivity contribution >= 4 is 22.8 Å². The Morgan fingerprint density at radius 1 is 0.889 bits per heavy atom. The van der Waals surface area contributed by atoms with Gasteiger partial charge in [-0.1, -0.05) is 30.3 Å². The molecule has 18 heavy (non-hydrogen) atoms. The van der Waals surface area contributed by atoms with Gasteiger partial charge in [0.25, 0.3) is 6.43 Å². The summed E-state index contributed by atoms with van der Waals surface area (Å²) in [5.41, 5.74) is 2.18. The normalized spacial score (nSPS) is 13.2. The maximum absolute atomic E-state index is 13.1. The van der Waals surface area contributed by atoms with Crippen LogP contribution in [0.1, 0.15) is 5.56 Å². The van der Waals surface area contributed by atoms with Crippen LogP contribution < -0.4 is 5.32 Å². The minimum atomic E-state index is -2.60. The van der Waals surface area contributed by atoms with E-state index in [2.05, 4.69) is 10.3 Å². The number of para-hydroxylation sites is 3. The largest absolute Gasteiger partial charge is 0.353 e. The van der Waals surface area contributed by atoms with Crippen molar-refractivity contribution in [2.75, 3.05) is 5.32 Å². The van der Waals surface area contributed by atoms with Crippen molar-refractivity contribution in [2.24, 2.45) is 4.99 Å². The second-order valence-electron chi connectivity index (χ2n) is 3.99. The molecule has 2 aromatic rings. The Bertz CT molecular complexity index is 621. The molecule has 1 heterocycles. The first-order valence-corrected chi connectivity index (χ1v) is 5.58. The molecule has 2 aromatic carbocycles. The molecule has 0 saturated heterocycles. The summed E-state index contributed by atoms with van der Waals surface area (Å²) >= 11 is 0. The quantitative estimate of drug-likeness (QED) is 0.801. The van der Waals surface area contributed by atoms with Crippen molar-refractivity contribution in [1.82, 2.24) is 0 Å². The van der Waals surface area contributed by atoms with Crippen LogP contribution >= 0.6 is 0 Å². The number of nitrogens with zero attached hydrogens (tertiary/aromatic N) is 1. The van der Waals surface area contributed by atoms with Crippen LogP contribution in [0.15, 0.2) is 53.5 Å². The van der Waals surface area contributed by atoms with E-state index in [0.29, 0.717) is 16.9 Å². The monoisotopic (exact) mass is 244 g/mol. The summed E-state index contributed by atoms with van der Waals surface area (Å²) in [6.07, 6.45) is -2.60. The lowest BCUT2D eigenvalue weighted by Crippen LogP contribution is -2.12. The van der Waals surface area contributed by atoms with E-state index in [-0.39, 0.29) is 5.71 Å². The lowest BCUT2D eigenvalue weighted by atomic mass is 10.1. The van der Waals surface area contributed by atoms with Gasteiger partial charge in [0.05, 0.1) is 11.4 Å². The van der Waals surface area contributed by atoms with Crippen LogP contribution in [-0.2, 0) is 0 Å². The number of anilines is 2. The topological polar surface area (TPSA) is 24.4 Å². The van der Waals surface area contributed by atoms with Crippen LogP contribution in [0.25, 0.3) is 0 Å². The molecule has 0 radical (unpaired) electrons. The Labute approximate surface area is 103 Å². The van der Waals surface area contributed by atoms with Gasteiger partial charge in [0.15, 0.2) is 0 Å². The summed E-state index contributed by atoms with van der Waals surface area (Å²) in [5.74, 6) is 0. The number of fused-ring (bicyclic) bond motifs is 2. The fraction of sp³-hybridized carbons (Fsp3) is 0.0714. The maximum Gasteiger partial charge on any atom is 0.281 e. The van der Waals surface area contributed by atoms with Gasteiger partial charge in [0, 0.05) is 11.3 Å². The van der Waals surface area contributed by atoms with Crippen molar-refractivity contribution in [3.05, 3.63) is 54.1 Å². The van der Waals surface area contributed by atoms with Gasteiger partial charge in [-0.25, -0.2) is 13.8 Å². The van der Waals surface area contributed by atoms with Crippen LogP contribution in [0, 0.1) is 0 Å². The van der Waals surface area contributed by atoms with Crippen LogP contribution in [-0.4, -0.2) is 12.1 Å². The van der Waals surface area contributed by atoms with E-state index in [1.807, 2.05) is 18.2 Å². The van der Waals surface area contributed by atoms with E-state index < -0.39 is 6.43 Å². The van der Waals surface area contributed by atoms with E-state index in [4.69, 9.17) is 0 Å². The number of nitrogens with one attached hydrogen (secondary N) is 1. The average Bonchev–Trinajstić information content (AvgIpc) is 2.55. The van der Waals surface area contributed by atoms with Gasteiger partial charge in [-0.3, -0.25) is 0 Å². The maximum atomic E-state index is 13.1. The fourth-order valence-electron chi connectivity index (χ4n) is 1.99. The zero-order valence-electron chi connectivity index (χ0n) is 9.40. The lowest BCUT2D eigenvalue weighted by Gasteiger charge is -2.09. The summed E-state index contributed by atoms with van der Waals surface area (Å²) in [6, 6.07) is 14.1. The van der Waals surface area contributed by atoms with Crippen LogP contribution in [0.2, 0.25) is 0 Å². The highest BCUT2D eigenvalue weighted by atomic mass is 19.3. The Morgan fingerprint density at radius 3 is 2.33 bits per heavy atom. The summed E-state index contributed by atoms with van der Waals surface area (Å²) in [7, 11) is 0. The van der Waals surface area contributed by atoms with Gasteiger partial charge in [0.2, 0.25) is 0 Å². The number of benzene rings is 2. The number of halogens is 2. The van der Waals surface area contributed by atoms with Crippen LogP contribution in [0.3, 0.4) is 0 Å². The summed E-state index contributed by atoms with van der Waals surface area (Å²) in [4.78, 5) is 4.08. The number of alkyl halides is 2. The molecule has 3 rings (SSSR count). The summed E-state index contributed by atoms with van der Waals surface area (Å²) in [5, 5.41) is 3.14. The second kappa shape index (κ2) is 4.22. The molecule has 1 aliphatic heterocycles. The summed E-state index contributed by atoms with van der Waals surface area (Å²) in [6.45, 7) is 0. The smallest absolute Gasteiger partial charge is 0.281 e. The van der Waals surface area contributed by atoms with Gasteiger partial charge < -0.3 is 5.32 Å². The lowest BCUT2D eigenvalue weighted by molar-refractivity contribution is 0.226. The van der Waals surface area contributed by atoms with Gasteiger partial charge >= 0.3 is 0 Å². The van der Waals surface area contributed by atoms with Gasteiger partial charge in [-0.05, 0) is 18.2 Å². The molecule has 4 heteroatoms. The van der Waals surface area contributed by atoms with Crippen molar-refractivity contribution in [1.29, 1.82) is 0 Å². The zero-order chi connectivity index (χ0) is 12.5. The van der Waals surface area contributed by atoms with E-state index in [9.17, 15) is 8.78 Å². The van der Waals surface area contributed by atoms with E-state index in [0.717, 1.165) is 5.69 Å². The number of hydrogen-bond acceptors (Lipinski definition) is 2. The molecule has 1 aliphatic rings. The molecular formula is C14H10F2N2. The van der Waals surface area contributed by atoms with Crippen molar-refractivity contribution in [3.8, 4) is 0 Å². The predicted molar refractivity (Wildman–Crippen MR) is 68.4 cm³/mol. The number of aliphatic imine (C=N–C) groups is 1. The van der Waals surface area contributed by atoms with Crippen LogP contribution in [0.5, 0.6) is 0 Å². The highest BCUT2D eigenvalue weighted by Crippen LogP contribution is 2.34. The third kappa shape index (κ3) is 1.76. The van der Waals surface area contributed by atoms with Crippen molar-refractivity contribution in [2.45, 2.75) is 6.43 Å². The predicted octanol–water partition coefficient (Wildman–Crippen LogP) is 4.13. The first kappa shape index (κ1) is 10.9. The molecule has 2 nitrogen and oxygen atoms in total. The Hall–Kier alpha value is -2.23. The molecule has 0 unspecified atom stereocenters. The SMILES string of the molecule is FC(F)C1=Nc2ccccc2Nc2ccccc21. The Kier molecular flexibility index (Phi) is 2.55. The molecule has 0 aromatic heterocycles. The molecule has 90 valence electrons. The molecule has 1 N–H and O–H groups in total. The van der Waals surface area contributed by atoms with Gasteiger partial charge in [-0.2, -0.15) is 0 Å². The standard InChI is InChI=1S/C14H10F2N2/c15-14(16)13-9-5-1-2-6-10(9)17-11-7-3-4-8-12(11)18-13/h1-8,14,17H. The average molecular weight is 244 g/mol. The van der Waals surface area contributed by atoms with Crippen LogP contribution in [0.4, 0.5) is 25.8 Å². The molecular weight excluding hydrogens is 234 g/mol. The highest BCUT2D eigenvalue weighted by molar-refractivity contribution is 6.10. The minimum Gasteiger partial charge on any atom is -0.353 e. The molecule has 0 bridgehead atoms. The first-order chi connectivity index (χ1) is 8.75. The van der Waals surface area contributed by atoms with Crippen molar-refractivity contribution < 1.29 is 8.78 Å². The molecule has 0 aliphatic carbocycles. The highest BCUT2D eigenvalue weighted by Gasteiger charge is 2.22. The van der Waals surface area contributed by atoms with Gasteiger partial charge in [0.1, 0.15) is 5.71 Å². The zero-order valence-corrected chi connectivity index (χ0v) is 9.40. The summed E-state index contributed by atoms with van der Waals surface area (Å²) < 4.78 is 26.2. The second-order valence-corrected chi connectivity index (χ2v) is 3.99. The first-order valence-electron chi connectivity index (χ1n) is 5.58. The molecule has 0 atom stereocenters.